The Morgan fingerprint density at radius 3 is 2.30 bits per heavy atom. The van der Waals surface area contributed by atoms with E-state index >= 15 is 0 Å². The van der Waals surface area contributed by atoms with Crippen LogP contribution in [0.1, 0.15) is 32.6 Å². The van der Waals surface area contributed by atoms with Crippen molar-refractivity contribution in [1.29, 1.82) is 0 Å². The maximum absolute atomic E-state index is 10.9. The topological polar surface area (TPSA) is 44.8 Å². The lowest BCUT2D eigenvalue weighted by Crippen LogP contribution is -2.65. The summed E-state index contributed by atoms with van der Waals surface area (Å²) in [5.74, 6) is -0.254. The fourth-order valence-corrected chi connectivity index (χ4v) is 8.72. The first-order valence-corrected chi connectivity index (χ1v) is 13.4. The Morgan fingerprint density at radius 2 is 1.73 bits per heavy atom. The Balaban J connectivity index is 1.86. The molecule has 0 aromatic heterocycles. The molecule has 174 valence electrons. The van der Waals surface area contributed by atoms with Gasteiger partial charge in [0, 0.05) is 20.1 Å². The molecule has 33 heavy (non-hydrogen) atoms. The number of allylic oxidation sites excluding steroid dienone is 1. The number of unbranched alkanes of at least 4 members (excludes halogenated alkanes) is 1. The van der Waals surface area contributed by atoms with E-state index in [2.05, 4.69) is 67.3 Å². The molecule has 0 bridgehead atoms. The van der Waals surface area contributed by atoms with Crippen LogP contribution in [0.2, 0.25) is 0 Å². The second kappa shape index (κ2) is 12.5. The third kappa shape index (κ3) is 6.41. The Morgan fingerprint density at radius 1 is 1.09 bits per heavy atom. The van der Waals surface area contributed by atoms with Gasteiger partial charge >= 0.3 is 5.97 Å². The number of hydrogen-bond donors (Lipinski definition) is 0. The predicted molar refractivity (Wildman–Crippen MR) is 136 cm³/mol. The fourth-order valence-electron chi connectivity index (χ4n) is 4.35. The monoisotopic (exact) mass is 462 g/mol. The number of rotatable bonds is 11. The third-order valence-electron chi connectivity index (χ3n) is 5.81. The smallest absolute Gasteiger partial charge is 0.302 e. The predicted octanol–water partition coefficient (Wildman–Crippen LogP) is 4.49. The molecular formula is C28H34O4Si. The first-order chi connectivity index (χ1) is 16.1. The van der Waals surface area contributed by atoms with Gasteiger partial charge in [-0.2, -0.15) is 0 Å². The molecule has 3 rings (SSSR count). The van der Waals surface area contributed by atoms with Crippen LogP contribution in [0, 0.1) is 0 Å². The highest BCUT2D eigenvalue weighted by atomic mass is 28.4. The van der Waals surface area contributed by atoms with Crippen molar-refractivity contribution in [3.05, 3.63) is 96.2 Å². The summed E-state index contributed by atoms with van der Waals surface area (Å²) in [5.41, 5.74) is 0.990. The van der Waals surface area contributed by atoms with E-state index in [-0.39, 0.29) is 12.1 Å². The number of esters is 1. The molecule has 0 saturated heterocycles. The molecule has 1 atom stereocenters. The van der Waals surface area contributed by atoms with Gasteiger partial charge in [-0.25, -0.2) is 0 Å². The van der Waals surface area contributed by atoms with Crippen molar-refractivity contribution in [2.24, 2.45) is 0 Å². The summed E-state index contributed by atoms with van der Waals surface area (Å²) in [5, 5.41) is 3.66. The van der Waals surface area contributed by atoms with Gasteiger partial charge in [-0.15, -0.1) is 0 Å². The summed E-state index contributed by atoms with van der Waals surface area (Å²) in [7, 11) is -1.01. The van der Waals surface area contributed by atoms with Crippen LogP contribution in [0.5, 0.6) is 0 Å². The maximum atomic E-state index is 10.9. The molecular weight excluding hydrogens is 428 g/mol. The molecule has 0 fully saturated rings. The zero-order valence-electron chi connectivity index (χ0n) is 19.7. The van der Waals surface area contributed by atoms with Gasteiger partial charge in [0.05, 0.1) is 6.61 Å². The van der Waals surface area contributed by atoms with Gasteiger partial charge in [-0.05, 0) is 46.8 Å². The van der Waals surface area contributed by atoms with E-state index < -0.39 is 8.32 Å². The van der Waals surface area contributed by atoms with Crippen LogP contribution in [0.4, 0.5) is 0 Å². The second-order valence-corrected chi connectivity index (χ2v) is 11.5. The number of hydrogen-bond acceptors (Lipinski definition) is 4. The molecule has 2 aromatic carbocycles. The Bertz CT molecular complexity index is 926. The highest BCUT2D eigenvalue weighted by molar-refractivity contribution is 7.03. The SMILES string of the molecule is C=C(COC)C1=CCC(CCC/C=C/COC(C)=O)O[Si]1(c1ccccc1)c1ccccc1. The minimum absolute atomic E-state index is 0.137. The lowest BCUT2D eigenvalue weighted by atomic mass is 10.1. The van der Waals surface area contributed by atoms with E-state index in [1.54, 1.807) is 7.11 Å². The Hall–Kier alpha value is -2.73. The van der Waals surface area contributed by atoms with Gasteiger partial charge in [-0.3, -0.25) is 4.79 Å². The molecule has 2 aromatic rings. The van der Waals surface area contributed by atoms with Crippen LogP contribution >= 0.6 is 0 Å². The molecule has 1 heterocycles. The van der Waals surface area contributed by atoms with E-state index in [1.807, 2.05) is 18.2 Å². The van der Waals surface area contributed by atoms with Gasteiger partial charge in [0.1, 0.15) is 6.61 Å². The van der Waals surface area contributed by atoms with Crippen molar-refractivity contribution in [2.45, 2.75) is 38.7 Å². The quantitative estimate of drug-likeness (QED) is 0.214. The van der Waals surface area contributed by atoms with E-state index in [0.717, 1.165) is 31.3 Å². The van der Waals surface area contributed by atoms with Crippen molar-refractivity contribution < 1.29 is 18.7 Å². The number of carbonyl (C=O) groups excluding carboxylic acids is 1. The van der Waals surface area contributed by atoms with Gasteiger partial charge in [-0.1, -0.05) is 85.5 Å². The summed E-state index contributed by atoms with van der Waals surface area (Å²) >= 11 is 0. The third-order valence-corrected chi connectivity index (χ3v) is 10.1. The van der Waals surface area contributed by atoms with Crippen LogP contribution < -0.4 is 10.4 Å². The van der Waals surface area contributed by atoms with Gasteiger partial charge < -0.3 is 13.9 Å². The highest BCUT2D eigenvalue weighted by Gasteiger charge is 2.47. The highest BCUT2D eigenvalue weighted by Crippen LogP contribution is 2.32. The summed E-state index contributed by atoms with van der Waals surface area (Å²) in [6, 6.07) is 21.2. The van der Waals surface area contributed by atoms with Crippen LogP contribution in [0.15, 0.2) is 96.2 Å². The minimum Gasteiger partial charge on any atom is -0.462 e. The first kappa shape index (κ1) is 24.9. The van der Waals surface area contributed by atoms with E-state index in [0.29, 0.717) is 13.2 Å². The largest absolute Gasteiger partial charge is 0.462 e. The zero-order chi connectivity index (χ0) is 23.5. The average molecular weight is 463 g/mol. The fraction of sp³-hybridized carbons (Fsp3) is 0.321. The minimum atomic E-state index is -2.72. The lowest BCUT2D eigenvalue weighted by molar-refractivity contribution is -0.139. The van der Waals surface area contributed by atoms with Gasteiger partial charge in [0.2, 0.25) is 0 Å². The van der Waals surface area contributed by atoms with Crippen molar-refractivity contribution in [3.8, 4) is 0 Å². The summed E-state index contributed by atoms with van der Waals surface area (Å²) in [6.07, 6.45) is 10.2. The molecule has 1 unspecified atom stereocenters. The Kier molecular flexibility index (Phi) is 9.43. The van der Waals surface area contributed by atoms with Gasteiger partial charge in [0.15, 0.2) is 0 Å². The van der Waals surface area contributed by atoms with Crippen molar-refractivity contribution >= 4 is 24.7 Å². The molecule has 1 aliphatic rings. The van der Waals surface area contributed by atoms with E-state index in [4.69, 9.17) is 13.9 Å². The molecule has 0 saturated carbocycles. The maximum Gasteiger partial charge on any atom is 0.302 e. The summed E-state index contributed by atoms with van der Waals surface area (Å²) in [6.45, 7) is 6.62. The molecule has 0 aliphatic carbocycles. The van der Waals surface area contributed by atoms with Crippen molar-refractivity contribution in [1.82, 2.24) is 0 Å². The lowest BCUT2D eigenvalue weighted by Gasteiger charge is -2.42. The van der Waals surface area contributed by atoms with Gasteiger partial charge in [0.25, 0.3) is 8.32 Å². The number of ether oxygens (including phenoxy) is 2. The molecule has 4 nitrogen and oxygen atoms in total. The number of benzene rings is 2. The summed E-state index contributed by atoms with van der Waals surface area (Å²) in [4.78, 5) is 10.9. The molecule has 0 spiro atoms. The summed E-state index contributed by atoms with van der Waals surface area (Å²) < 4.78 is 17.6. The van der Waals surface area contributed by atoms with Crippen molar-refractivity contribution in [3.63, 3.8) is 0 Å². The molecule has 0 amide bonds. The molecule has 0 N–H and O–H groups in total. The standard InChI is InChI=1S/C28H34O4Si/c1-23(22-30-3)28-20-19-25(14-8-4-5-13-21-31-24(2)29)32-33(28,26-15-9-6-10-16-26)27-17-11-7-12-18-27/h5-7,9-13,15-18,20,25H,1,4,8,14,19,21-22H2,2-3H3/b13-5+. The van der Waals surface area contributed by atoms with Crippen LogP contribution in [-0.2, 0) is 18.7 Å². The average Bonchev–Trinajstić information content (AvgIpc) is 2.84. The number of methoxy groups -OCH3 is 1. The molecule has 1 aliphatic heterocycles. The first-order valence-electron chi connectivity index (χ1n) is 11.5. The van der Waals surface area contributed by atoms with Crippen molar-refractivity contribution in [2.75, 3.05) is 20.3 Å². The van der Waals surface area contributed by atoms with E-state index in [9.17, 15) is 4.79 Å². The van der Waals surface area contributed by atoms with Crippen LogP contribution in [0.3, 0.4) is 0 Å². The van der Waals surface area contributed by atoms with E-state index in [1.165, 1.54) is 22.5 Å². The Labute approximate surface area is 198 Å². The zero-order valence-corrected chi connectivity index (χ0v) is 20.7. The molecule has 0 radical (unpaired) electrons. The normalized spacial score (nSPS) is 17.5. The van der Waals surface area contributed by atoms with Crippen LogP contribution in [-0.4, -0.2) is 40.7 Å². The second-order valence-electron chi connectivity index (χ2n) is 8.25. The van der Waals surface area contributed by atoms with Crippen LogP contribution in [0.25, 0.3) is 0 Å². The number of carbonyl (C=O) groups is 1. The molecule has 5 heteroatoms.